The zero-order valence-electron chi connectivity index (χ0n) is 7.86. The van der Waals surface area contributed by atoms with Crippen LogP contribution in [0.2, 0.25) is 0 Å². The van der Waals surface area contributed by atoms with Crippen LogP contribution in [0.1, 0.15) is 11.4 Å². The quantitative estimate of drug-likeness (QED) is 0.745. The lowest BCUT2D eigenvalue weighted by molar-refractivity contribution is -0.141. The van der Waals surface area contributed by atoms with E-state index in [-0.39, 0.29) is 12.1 Å². The first-order valence-electron chi connectivity index (χ1n) is 4.30. The van der Waals surface area contributed by atoms with E-state index in [4.69, 9.17) is 5.26 Å². The number of hydrogen-bond acceptors (Lipinski definition) is 3. The summed E-state index contributed by atoms with van der Waals surface area (Å²) >= 11 is 0. The van der Waals surface area contributed by atoms with Crippen molar-refractivity contribution in [2.75, 3.05) is 0 Å². The first-order valence-corrected chi connectivity index (χ1v) is 4.30. The largest absolute Gasteiger partial charge is 0.435 e. The minimum Gasteiger partial charge on any atom is -0.232 e. The molecule has 2 aromatic heterocycles. The minimum absolute atomic E-state index is 0.0586. The molecule has 0 saturated heterocycles. The Hall–Kier alpha value is -2.10. The van der Waals surface area contributed by atoms with Gasteiger partial charge in [-0.3, -0.25) is 0 Å². The van der Waals surface area contributed by atoms with Gasteiger partial charge in [0, 0.05) is 12.3 Å². The fourth-order valence-corrected chi connectivity index (χ4v) is 1.24. The summed E-state index contributed by atoms with van der Waals surface area (Å²) in [5.74, 6) is 0. The van der Waals surface area contributed by atoms with Crippen LogP contribution in [0.5, 0.6) is 0 Å². The highest BCUT2D eigenvalue weighted by molar-refractivity contribution is 5.40. The van der Waals surface area contributed by atoms with Gasteiger partial charge in [0.2, 0.25) is 0 Å². The molecule has 2 aromatic rings. The van der Waals surface area contributed by atoms with Crippen LogP contribution in [0.25, 0.3) is 5.65 Å². The van der Waals surface area contributed by atoms with Gasteiger partial charge in [0.25, 0.3) is 0 Å². The molecule has 7 heteroatoms. The monoisotopic (exact) mass is 226 g/mol. The Morgan fingerprint density at radius 3 is 2.81 bits per heavy atom. The van der Waals surface area contributed by atoms with Crippen molar-refractivity contribution >= 4 is 5.65 Å². The number of alkyl halides is 3. The van der Waals surface area contributed by atoms with Crippen LogP contribution in [0.4, 0.5) is 13.2 Å². The van der Waals surface area contributed by atoms with Crippen LogP contribution in [0, 0.1) is 11.3 Å². The normalized spacial score (nSPS) is 11.6. The molecule has 0 aliphatic carbocycles. The van der Waals surface area contributed by atoms with Crippen molar-refractivity contribution in [1.82, 2.24) is 14.6 Å². The summed E-state index contributed by atoms with van der Waals surface area (Å²) in [6, 6.07) is 4.18. The van der Waals surface area contributed by atoms with Crippen LogP contribution in [0.3, 0.4) is 0 Å². The van der Waals surface area contributed by atoms with Crippen molar-refractivity contribution in [3.8, 4) is 6.07 Å². The Morgan fingerprint density at radius 1 is 1.44 bits per heavy atom. The van der Waals surface area contributed by atoms with Crippen LogP contribution >= 0.6 is 0 Å². The maximum absolute atomic E-state index is 12.3. The van der Waals surface area contributed by atoms with E-state index in [1.54, 1.807) is 0 Å². The van der Waals surface area contributed by atoms with Gasteiger partial charge in [0.05, 0.1) is 18.2 Å². The van der Waals surface area contributed by atoms with E-state index in [1.165, 1.54) is 12.3 Å². The van der Waals surface area contributed by atoms with Gasteiger partial charge in [-0.25, -0.2) is 9.50 Å². The van der Waals surface area contributed by atoms with Gasteiger partial charge >= 0.3 is 6.18 Å². The number of aromatic nitrogens is 3. The van der Waals surface area contributed by atoms with Gasteiger partial charge in [-0.1, -0.05) is 0 Å². The average molecular weight is 226 g/mol. The second-order valence-electron chi connectivity index (χ2n) is 3.08. The van der Waals surface area contributed by atoms with E-state index in [9.17, 15) is 13.2 Å². The van der Waals surface area contributed by atoms with Crippen molar-refractivity contribution in [2.45, 2.75) is 12.6 Å². The lowest BCUT2D eigenvalue weighted by atomic mass is 10.3. The maximum Gasteiger partial charge on any atom is 0.435 e. The molecule has 0 saturated carbocycles. The summed E-state index contributed by atoms with van der Waals surface area (Å²) in [7, 11) is 0. The summed E-state index contributed by atoms with van der Waals surface area (Å²) in [5.41, 5.74) is -0.488. The van der Waals surface area contributed by atoms with Gasteiger partial charge in [-0.05, 0) is 6.07 Å². The van der Waals surface area contributed by atoms with Crippen molar-refractivity contribution in [3.05, 3.63) is 29.7 Å². The highest BCUT2D eigenvalue weighted by Gasteiger charge is 2.34. The average Bonchev–Trinajstić information content (AvgIpc) is 2.60. The molecule has 0 bridgehead atoms. The third-order valence-corrected chi connectivity index (χ3v) is 1.93. The second kappa shape index (κ2) is 3.48. The van der Waals surface area contributed by atoms with E-state index < -0.39 is 11.9 Å². The number of fused-ring (bicyclic) bond motifs is 1. The Morgan fingerprint density at radius 2 is 2.19 bits per heavy atom. The highest BCUT2D eigenvalue weighted by Crippen LogP contribution is 2.28. The number of halogens is 3. The molecule has 0 aliphatic heterocycles. The van der Waals surface area contributed by atoms with E-state index in [0.717, 1.165) is 10.6 Å². The zero-order chi connectivity index (χ0) is 11.8. The molecule has 2 rings (SSSR count). The number of hydrogen-bond donors (Lipinski definition) is 0. The number of nitrogens with zero attached hydrogens (tertiary/aromatic N) is 4. The van der Waals surface area contributed by atoms with Crippen molar-refractivity contribution in [3.63, 3.8) is 0 Å². The topological polar surface area (TPSA) is 54.0 Å². The molecule has 0 N–H and O–H groups in total. The molecule has 0 unspecified atom stereocenters. The molecule has 0 aliphatic rings. The Balaban J connectivity index is 2.51. The van der Waals surface area contributed by atoms with Crippen molar-refractivity contribution in [2.24, 2.45) is 0 Å². The summed E-state index contributed by atoms with van der Waals surface area (Å²) in [6.07, 6.45) is -3.07. The molecule has 0 spiro atoms. The van der Waals surface area contributed by atoms with E-state index >= 15 is 0 Å². The second-order valence-corrected chi connectivity index (χ2v) is 3.08. The van der Waals surface area contributed by atoms with Crippen molar-refractivity contribution < 1.29 is 13.2 Å². The molecule has 0 fully saturated rings. The molecule has 0 radical (unpaired) electrons. The van der Waals surface area contributed by atoms with E-state index in [2.05, 4.69) is 10.1 Å². The molecule has 2 heterocycles. The maximum atomic E-state index is 12.3. The lowest BCUT2D eigenvalue weighted by Gasteiger charge is -1.98. The fraction of sp³-hybridized carbons (Fsp3) is 0.222. The Labute approximate surface area is 87.9 Å². The smallest absolute Gasteiger partial charge is 0.232 e. The fourth-order valence-electron chi connectivity index (χ4n) is 1.24. The zero-order valence-corrected chi connectivity index (χ0v) is 7.86. The number of rotatable bonds is 1. The summed E-state index contributed by atoms with van der Waals surface area (Å²) in [5, 5.41) is 11.8. The summed E-state index contributed by atoms with van der Waals surface area (Å²) < 4.78 is 38.0. The van der Waals surface area contributed by atoms with Crippen LogP contribution in [0.15, 0.2) is 18.3 Å². The lowest BCUT2D eigenvalue weighted by Crippen LogP contribution is -2.05. The Kier molecular flexibility index (Phi) is 2.27. The molecule has 0 amide bonds. The van der Waals surface area contributed by atoms with Crippen LogP contribution in [-0.2, 0) is 12.6 Å². The predicted octanol–water partition coefficient (Wildman–Crippen LogP) is 1.81. The third kappa shape index (κ3) is 1.82. The molecular formula is C9H5F3N4. The molecule has 0 atom stereocenters. The van der Waals surface area contributed by atoms with Crippen molar-refractivity contribution in [1.29, 1.82) is 5.26 Å². The van der Waals surface area contributed by atoms with Gasteiger partial charge in [0.1, 0.15) is 0 Å². The third-order valence-electron chi connectivity index (χ3n) is 1.93. The van der Waals surface area contributed by atoms with Gasteiger partial charge < -0.3 is 0 Å². The molecule has 82 valence electrons. The first-order chi connectivity index (χ1) is 7.50. The number of nitriles is 1. The SMILES string of the molecule is N#CCc1ccn2nc(C(F)(F)F)cc2n1. The molecule has 0 aromatic carbocycles. The van der Waals surface area contributed by atoms with Gasteiger partial charge in [-0.15, -0.1) is 0 Å². The summed E-state index contributed by atoms with van der Waals surface area (Å²) in [6.45, 7) is 0. The minimum atomic E-state index is -4.48. The Bertz CT molecular complexity index is 564. The van der Waals surface area contributed by atoms with Crippen LogP contribution < -0.4 is 0 Å². The molecule has 4 nitrogen and oxygen atoms in total. The molecule has 16 heavy (non-hydrogen) atoms. The van der Waals surface area contributed by atoms with E-state index in [1.807, 2.05) is 6.07 Å². The standard InChI is InChI=1S/C9H5F3N4/c10-9(11,12)7-5-8-14-6(1-3-13)2-4-16(8)15-7/h2,4-5H,1H2. The predicted molar refractivity (Wildman–Crippen MR) is 47.3 cm³/mol. The molecular weight excluding hydrogens is 221 g/mol. The van der Waals surface area contributed by atoms with Gasteiger partial charge in [0.15, 0.2) is 11.3 Å². The highest BCUT2D eigenvalue weighted by atomic mass is 19.4. The first kappa shape index (κ1) is 10.4. The van der Waals surface area contributed by atoms with Crippen LogP contribution in [-0.4, -0.2) is 14.6 Å². The summed E-state index contributed by atoms with van der Waals surface area (Å²) in [4.78, 5) is 3.88. The van der Waals surface area contributed by atoms with E-state index in [0.29, 0.717) is 5.69 Å². The van der Waals surface area contributed by atoms with Gasteiger partial charge in [-0.2, -0.15) is 23.5 Å².